The number of piperidine rings is 1. The van der Waals surface area contributed by atoms with Gasteiger partial charge in [0.1, 0.15) is 0 Å². The number of hydrogen-bond donors (Lipinski definition) is 1. The van der Waals surface area contributed by atoms with Gasteiger partial charge in [0.2, 0.25) is 0 Å². The molecule has 32 heavy (non-hydrogen) atoms. The van der Waals surface area contributed by atoms with Crippen molar-refractivity contribution in [1.29, 1.82) is 0 Å². The van der Waals surface area contributed by atoms with E-state index in [4.69, 9.17) is 0 Å². The van der Waals surface area contributed by atoms with E-state index in [1.165, 1.54) is 41.7 Å². The van der Waals surface area contributed by atoms with Gasteiger partial charge in [-0.05, 0) is 67.6 Å². The maximum atomic E-state index is 3.80. The van der Waals surface area contributed by atoms with Crippen molar-refractivity contribution in [2.75, 3.05) is 38.2 Å². The minimum absolute atomic E-state index is 0.217. The van der Waals surface area contributed by atoms with E-state index in [1.807, 2.05) is 11.8 Å². The zero-order chi connectivity index (χ0) is 22.1. The van der Waals surface area contributed by atoms with Crippen LogP contribution in [0.3, 0.4) is 0 Å². The Morgan fingerprint density at radius 2 is 1.34 bits per heavy atom. The predicted octanol–water partition coefficient (Wildman–Crippen LogP) is 6.15. The summed E-state index contributed by atoms with van der Waals surface area (Å²) in [6.07, 6.45) is 5.80. The second kappa shape index (κ2) is 11.7. The average Bonchev–Trinajstić information content (AvgIpc) is 2.87. The molecule has 1 aliphatic rings. The van der Waals surface area contributed by atoms with Crippen molar-refractivity contribution in [2.24, 2.45) is 0 Å². The number of likely N-dealkylation sites (tertiary alicyclic amines) is 1. The number of rotatable bonds is 10. The number of hydrogen-bond acceptors (Lipinski definition) is 3. The van der Waals surface area contributed by atoms with E-state index in [-0.39, 0.29) is 5.41 Å². The molecule has 0 amide bonds. The summed E-state index contributed by atoms with van der Waals surface area (Å²) in [6, 6.07) is 33.6. The van der Waals surface area contributed by atoms with Crippen molar-refractivity contribution < 1.29 is 0 Å². The lowest BCUT2D eigenvalue weighted by Crippen LogP contribution is -2.49. The summed E-state index contributed by atoms with van der Waals surface area (Å²) in [7, 11) is 0. The van der Waals surface area contributed by atoms with Crippen LogP contribution in [-0.2, 0) is 5.41 Å². The number of nitrogens with one attached hydrogen (secondary N) is 1. The SMILES string of the molecule is CSCCCNCC1(c2ccccc2)CCN(C(c2ccccc2)c2ccccc2)CC1. The highest BCUT2D eigenvalue weighted by atomic mass is 32.2. The third kappa shape index (κ3) is 5.64. The summed E-state index contributed by atoms with van der Waals surface area (Å²) in [4.78, 5) is 2.69. The first kappa shape index (κ1) is 23.1. The van der Waals surface area contributed by atoms with E-state index >= 15 is 0 Å². The Labute approximate surface area is 198 Å². The Bertz CT molecular complexity index is 866. The van der Waals surface area contributed by atoms with Gasteiger partial charge < -0.3 is 5.32 Å². The molecule has 0 atom stereocenters. The van der Waals surface area contributed by atoms with Gasteiger partial charge in [-0.3, -0.25) is 4.90 Å². The topological polar surface area (TPSA) is 15.3 Å². The van der Waals surface area contributed by atoms with Crippen LogP contribution in [0, 0.1) is 0 Å². The Balaban J connectivity index is 1.53. The molecule has 1 saturated heterocycles. The van der Waals surface area contributed by atoms with Crippen molar-refractivity contribution in [2.45, 2.75) is 30.7 Å². The van der Waals surface area contributed by atoms with Crippen LogP contribution in [-0.4, -0.2) is 43.1 Å². The minimum Gasteiger partial charge on any atom is -0.316 e. The summed E-state index contributed by atoms with van der Waals surface area (Å²) in [5, 5.41) is 3.80. The molecule has 1 N–H and O–H groups in total. The third-order valence-corrected chi connectivity index (χ3v) is 7.60. The molecule has 0 spiro atoms. The predicted molar refractivity (Wildman–Crippen MR) is 140 cm³/mol. The molecule has 2 nitrogen and oxygen atoms in total. The van der Waals surface area contributed by atoms with Crippen molar-refractivity contribution in [1.82, 2.24) is 10.2 Å². The highest BCUT2D eigenvalue weighted by Crippen LogP contribution is 2.39. The fraction of sp³-hybridized carbons (Fsp3) is 0.379. The Morgan fingerprint density at radius 1 is 0.812 bits per heavy atom. The lowest BCUT2D eigenvalue weighted by molar-refractivity contribution is 0.128. The van der Waals surface area contributed by atoms with Crippen LogP contribution in [0.4, 0.5) is 0 Å². The van der Waals surface area contributed by atoms with Crippen molar-refractivity contribution in [3.05, 3.63) is 108 Å². The molecule has 1 heterocycles. The lowest BCUT2D eigenvalue weighted by atomic mass is 9.72. The van der Waals surface area contributed by atoms with Crippen LogP contribution in [0.15, 0.2) is 91.0 Å². The van der Waals surface area contributed by atoms with E-state index < -0.39 is 0 Å². The van der Waals surface area contributed by atoms with Gasteiger partial charge in [0.25, 0.3) is 0 Å². The van der Waals surface area contributed by atoms with Gasteiger partial charge >= 0.3 is 0 Å². The molecular weight excluding hydrogens is 408 g/mol. The fourth-order valence-electron chi connectivity index (χ4n) is 5.12. The van der Waals surface area contributed by atoms with Crippen molar-refractivity contribution >= 4 is 11.8 Å². The van der Waals surface area contributed by atoms with Crippen molar-refractivity contribution in [3.8, 4) is 0 Å². The molecular formula is C29H36N2S. The van der Waals surface area contributed by atoms with Gasteiger partial charge in [0.05, 0.1) is 6.04 Å². The number of thioether (sulfide) groups is 1. The first-order chi connectivity index (χ1) is 15.8. The molecule has 3 aromatic rings. The quantitative estimate of drug-likeness (QED) is 0.377. The highest BCUT2D eigenvalue weighted by Gasteiger charge is 2.38. The lowest BCUT2D eigenvalue weighted by Gasteiger charge is -2.45. The summed E-state index contributed by atoms with van der Waals surface area (Å²) < 4.78 is 0. The van der Waals surface area contributed by atoms with Gasteiger partial charge in [-0.25, -0.2) is 0 Å². The second-order valence-electron chi connectivity index (χ2n) is 8.93. The standard InChI is InChI=1S/C29H36N2S/c1-32-23-11-20-30-24-29(27-16-9-4-10-17-27)18-21-31(22-19-29)28(25-12-5-2-6-13-25)26-14-7-3-8-15-26/h2-10,12-17,28,30H,11,18-24H2,1H3. The van der Waals surface area contributed by atoms with E-state index in [1.54, 1.807) is 0 Å². The van der Waals surface area contributed by atoms with E-state index in [0.29, 0.717) is 6.04 Å². The van der Waals surface area contributed by atoms with Gasteiger partial charge in [0.15, 0.2) is 0 Å². The highest BCUT2D eigenvalue weighted by molar-refractivity contribution is 7.98. The molecule has 0 unspecified atom stereocenters. The van der Waals surface area contributed by atoms with Gasteiger partial charge in [-0.1, -0.05) is 91.0 Å². The van der Waals surface area contributed by atoms with Crippen LogP contribution < -0.4 is 5.32 Å². The van der Waals surface area contributed by atoms with Crippen LogP contribution in [0.2, 0.25) is 0 Å². The molecule has 0 aromatic heterocycles. The third-order valence-electron chi connectivity index (χ3n) is 6.90. The summed E-state index contributed by atoms with van der Waals surface area (Å²) in [6.45, 7) is 4.39. The summed E-state index contributed by atoms with van der Waals surface area (Å²) >= 11 is 1.94. The largest absolute Gasteiger partial charge is 0.316 e. The first-order valence-electron chi connectivity index (χ1n) is 11.9. The maximum Gasteiger partial charge on any atom is 0.0601 e. The fourth-order valence-corrected chi connectivity index (χ4v) is 5.56. The van der Waals surface area contributed by atoms with E-state index in [9.17, 15) is 0 Å². The normalized spacial score (nSPS) is 16.3. The molecule has 168 valence electrons. The molecule has 1 aliphatic heterocycles. The Kier molecular flexibility index (Phi) is 8.44. The Morgan fingerprint density at radius 3 is 1.88 bits per heavy atom. The zero-order valence-electron chi connectivity index (χ0n) is 19.2. The zero-order valence-corrected chi connectivity index (χ0v) is 20.1. The molecule has 3 heteroatoms. The molecule has 4 rings (SSSR count). The number of benzene rings is 3. The van der Waals surface area contributed by atoms with Gasteiger partial charge in [-0.15, -0.1) is 0 Å². The average molecular weight is 445 g/mol. The maximum absolute atomic E-state index is 3.80. The Hall–Kier alpha value is -2.07. The summed E-state index contributed by atoms with van der Waals surface area (Å²) in [5.74, 6) is 1.23. The molecule has 0 bridgehead atoms. The van der Waals surface area contributed by atoms with Crippen LogP contribution in [0.25, 0.3) is 0 Å². The molecule has 0 saturated carbocycles. The molecule has 0 radical (unpaired) electrons. The van der Waals surface area contributed by atoms with E-state index in [0.717, 1.165) is 26.2 Å². The van der Waals surface area contributed by atoms with Crippen molar-refractivity contribution in [3.63, 3.8) is 0 Å². The van der Waals surface area contributed by atoms with Gasteiger partial charge in [-0.2, -0.15) is 11.8 Å². The number of nitrogens with zero attached hydrogens (tertiary/aromatic N) is 1. The van der Waals surface area contributed by atoms with Crippen LogP contribution in [0.5, 0.6) is 0 Å². The first-order valence-corrected chi connectivity index (χ1v) is 13.3. The smallest absolute Gasteiger partial charge is 0.0601 e. The molecule has 1 fully saturated rings. The van der Waals surface area contributed by atoms with Crippen LogP contribution in [0.1, 0.15) is 42.0 Å². The van der Waals surface area contributed by atoms with E-state index in [2.05, 4.69) is 107 Å². The monoisotopic (exact) mass is 444 g/mol. The minimum atomic E-state index is 0.217. The van der Waals surface area contributed by atoms with Gasteiger partial charge in [0, 0.05) is 12.0 Å². The molecule has 0 aliphatic carbocycles. The van der Waals surface area contributed by atoms with Crippen LogP contribution >= 0.6 is 11.8 Å². The second-order valence-corrected chi connectivity index (χ2v) is 9.91. The molecule has 3 aromatic carbocycles. The summed E-state index contributed by atoms with van der Waals surface area (Å²) in [5.41, 5.74) is 4.49.